The van der Waals surface area contributed by atoms with Crippen molar-refractivity contribution in [2.75, 3.05) is 0 Å². The Bertz CT molecular complexity index is 513. The van der Waals surface area contributed by atoms with Gasteiger partial charge in [-0.2, -0.15) is 0 Å². The second-order valence-electron chi connectivity index (χ2n) is 4.25. The van der Waals surface area contributed by atoms with E-state index in [1.54, 1.807) is 6.07 Å². The molecule has 0 saturated carbocycles. The molecular weight excluding hydrogens is 293 g/mol. The molecule has 0 aromatic heterocycles. The number of hydrogen-bond donors (Lipinski definition) is 1. The maximum atomic E-state index is 13.0. The average molecular weight is 308 g/mol. The summed E-state index contributed by atoms with van der Waals surface area (Å²) in [4.78, 5) is 0. The summed E-state index contributed by atoms with van der Waals surface area (Å²) in [5.74, 6) is -0.221. The van der Waals surface area contributed by atoms with E-state index in [1.165, 1.54) is 17.7 Å². The van der Waals surface area contributed by atoms with Crippen LogP contribution in [0.1, 0.15) is 24.1 Å². The van der Waals surface area contributed by atoms with Crippen LogP contribution < -0.4 is 5.32 Å². The van der Waals surface area contributed by atoms with Gasteiger partial charge in [0.05, 0.1) is 0 Å². The van der Waals surface area contributed by atoms with Crippen molar-refractivity contribution in [2.24, 2.45) is 0 Å². The predicted octanol–water partition coefficient (Wildman–Crippen LogP) is 4.44. The van der Waals surface area contributed by atoms with Gasteiger partial charge in [-0.1, -0.05) is 52.3 Å². The van der Waals surface area contributed by atoms with Crippen LogP contribution >= 0.6 is 15.9 Å². The van der Waals surface area contributed by atoms with Crippen LogP contribution in [-0.2, 0) is 6.54 Å². The van der Waals surface area contributed by atoms with Crippen LogP contribution in [0.3, 0.4) is 0 Å². The molecule has 0 aliphatic carbocycles. The normalized spacial score (nSPS) is 12.4. The van der Waals surface area contributed by atoms with Gasteiger partial charge in [0.2, 0.25) is 0 Å². The number of nitrogens with one attached hydrogen (secondary N) is 1. The van der Waals surface area contributed by atoms with E-state index in [-0.39, 0.29) is 11.9 Å². The van der Waals surface area contributed by atoms with Gasteiger partial charge in [0, 0.05) is 17.1 Å². The van der Waals surface area contributed by atoms with E-state index in [1.807, 2.05) is 18.2 Å². The Hall–Kier alpha value is -1.19. The second kappa shape index (κ2) is 6.12. The van der Waals surface area contributed by atoms with Gasteiger partial charge < -0.3 is 5.32 Å². The Kier molecular flexibility index (Phi) is 4.50. The summed E-state index contributed by atoms with van der Waals surface area (Å²) >= 11 is 3.37. The first-order chi connectivity index (χ1) is 8.66. The molecule has 3 heteroatoms. The molecule has 0 saturated heterocycles. The molecule has 0 aliphatic rings. The topological polar surface area (TPSA) is 12.0 Å². The lowest BCUT2D eigenvalue weighted by Gasteiger charge is -2.15. The molecule has 0 heterocycles. The molecule has 0 unspecified atom stereocenters. The van der Waals surface area contributed by atoms with Gasteiger partial charge in [0.25, 0.3) is 0 Å². The second-order valence-corrected chi connectivity index (χ2v) is 5.10. The Morgan fingerprint density at radius 3 is 2.56 bits per heavy atom. The quantitative estimate of drug-likeness (QED) is 0.880. The summed E-state index contributed by atoms with van der Waals surface area (Å²) in [6.07, 6.45) is 0. The Morgan fingerprint density at radius 1 is 1.17 bits per heavy atom. The fourth-order valence-electron chi connectivity index (χ4n) is 1.79. The summed E-state index contributed by atoms with van der Waals surface area (Å²) in [6.45, 7) is 2.82. The van der Waals surface area contributed by atoms with E-state index >= 15 is 0 Å². The first-order valence-corrected chi connectivity index (χ1v) is 6.68. The van der Waals surface area contributed by atoms with Gasteiger partial charge in [-0.3, -0.25) is 0 Å². The van der Waals surface area contributed by atoms with Crippen molar-refractivity contribution in [1.29, 1.82) is 0 Å². The van der Waals surface area contributed by atoms with Crippen molar-refractivity contribution in [3.05, 3.63) is 69.9 Å². The van der Waals surface area contributed by atoms with E-state index in [0.717, 1.165) is 10.0 Å². The average Bonchev–Trinajstić information content (AvgIpc) is 2.38. The molecule has 94 valence electrons. The lowest BCUT2D eigenvalue weighted by molar-refractivity contribution is 0.571. The first kappa shape index (κ1) is 13.2. The van der Waals surface area contributed by atoms with Crippen LogP contribution in [0.5, 0.6) is 0 Å². The largest absolute Gasteiger partial charge is 0.306 e. The molecule has 2 aromatic carbocycles. The maximum Gasteiger partial charge on any atom is 0.124 e. The SMILES string of the molecule is C[C@@H](NCc1ccc(F)cc1Br)c1ccccc1. The molecule has 0 amide bonds. The Morgan fingerprint density at radius 2 is 1.89 bits per heavy atom. The van der Waals surface area contributed by atoms with E-state index in [2.05, 4.69) is 40.3 Å². The van der Waals surface area contributed by atoms with Crippen molar-refractivity contribution in [3.63, 3.8) is 0 Å². The molecule has 0 aliphatic heterocycles. The third-order valence-electron chi connectivity index (χ3n) is 2.91. The minimum absolute atomic E-state index is 0.221. The zero-order valence-electron chi connectivity index (χ0n) is 10.2. The van der Waals surface area contributed by atoms with E-state index < -0.39 is 0 Å². The molecule has 1 nitrogen and oxygen atoms in total. The highest BCUT2D eigenvalue weighted by Crippen LogP contribution is 2.19. The van der Waals surface area contributed by atoms with Crippen LogP contribution in [0.15, 0.2) is 53.0 Å². The summed E-state index contributed by atoms with van der Waals surface area (Å²) in [7, 11) is 0. The van der Waals surface area contributed by atoms with Crippen LogP contribution in [0, 0.1) is 5.82 Å². The summed E-state index contributed by atoms with van der Waals surface area (Å²) in [5, 5.41) is 3.42. The molecule has 0 bridgehead atoms. The minimum atomic E-state index is -0.221. The summed E-state index contributed by atoms with van der Waals surface area (Å²) in [5.41, 5.74) is 2.30. The van der Waals surface area contributed by atoms with Gasteiger partial charge in [-0.25, -0.2) is 4.39 Å². The minimum Gasteiger partial charge on any atom is -0.306 e. The lowest BCUT2D eigenvalue weighted by atomic mass is 10.1. The van der Waals surface area contributed by atoms with Crippen molar-refractivity contribution >= 4 is 15.9 Å². The third-order valence-corrected chi connectivity index (χ3v) is 3.65. The van der Waals surface area contributed by atoms with E-state index in [9.17, 15) is 4.39 Å². The Balaban J connectivity index is 1.99. The highest BCUT2D eigenvalue weighted by Gasteiger charge is 2.06. The Labute approximate surface area is 115 Å². The zero-order valence-corrected chi connectivity index (χ0v) is 11.7. The molecule has 18 heavy (non-hydrogen) atoms. The molecule has 0 radical (unpaired) electrons. The molecule has 0 spiro atoms. The highest BCUT2D eigenvalue weighted by molar-refractivity contribution is 9.10. The molecule has 0 fully saturated rings. The number of rotatable bonds is 4. The number of benzene rings is 2. The molecule has 2 rings (SSSR count). The third kappa shape index (κ3) is 3.40. The van der Waals surface area contributed by atoms with E-state index in [4.69, 9.17) is 0 Å². The lowest BCUT2D eigenvalue weighted by Crippen LogP contribution is -2.18. The number of hydrogen-bond acceptors (Lipinski definition) is 1. The van der Waals surface area contributed by atoms with Crippen LogP contribution in [0.2, 0.25) is 0 Å². The fraction of sp³-hybridized carbons (Fsp3) is 0.200. The highest BCUT2D eigenvalue weighted by atomic mass is 79.9. The molecular formula is C15H15BrFN. The number of halogens is 2. The zero-order chi connectivity index (χ0) is 13.0. The van der Waals surface area contributed by atoms with Gasteiger partial charge in [-0.15, -0.1) is 0 Å². The summed E-state index contributed by atoms with van der Waals surface area (Å²) < 4.78 is 13.8. The van der Waals surface area contributed by atoms with Crippen LogP contribution in [0.4, 0.5) is 4.39 Å². The van der Waals surface area contributed by atoms with Crippen molar-refractivity contribution in [3.8, 4) is 0 Å². The van der Waals surface area contributed by atoms with Gasteiger partial charge >= 0.3 is 0 Å². The smallest absolute Gasteiger partial charge is 0.124 e. The molecule has 1 N–H and O–H groups in total. The van der Waals surface area contributed by atoms with Gasteiger partial charge in [0.1, 0.15) is 5.82 Å². The molecule has 2 aromatic rings. The maximum absolute atomic E-state index is 13.0. The first-order valence-electron chi connectivity index (χ1n) is 5.89. The fourth-order valence-corrected chi connectivity index (χ4v) is 2.28. The van der Waals surface area contributed by atoms with Gasteiger partial charge in [0.15, 0.2) is 0 Å². The van der Waals surface area contributed by atoms with E-state index in [0.29, 0.717) is 6.54 Å². The van der Waals surface area contributed by atoms with Crippen LogP contribution in [0.25, 0.3) is 0 Å². The monoisotopic (exact) mass is 307 g/mol. The van der Waals surface area contributed by atoms with Gasteiger partial charge in [-0.05, 0) is 30.2 Å². The van der Waals surface area contributed by atoms with Crippen molar-refractivity contribution < 1.29 is 4.39 Å². The summed E-state index contributed by atoms with van der Waals surface area (Å²) in [6, 6.07) is 15.3. The van der Waals surface area contributed by atoms with Crippen molar-refractivity contribution in [1.82, 2.24) is 5.32 Å². The van der Waals surface area contributed by atoms with Crippen molar-refractivity contribution in [2.45, 2.75) is 19.5 Å². The molecule has 1 atom stereocenters. The standard InChI is InChI=1S/C15H15BrFN/c1-11(12-5-3-2-4-6-12)18-10-13-7-8-14(17)9-15(13)16/h2-9,11,18H,10H2,1H3/t11-/m1/s1. The van der Waals surface area contributed by atoms with Crippen LogP contribution in [-0.4, -0.2) is 0 Å². The predicted molar refractivity (Wildman–Crippen MR) is 75.8 cm³/mol.